The van der Waals surface area contributed by atoms with E-state index >= 15 is 0 Å². The van der Waals surface area contributed by atoms with Crippen molar-refractivity contribution in [2.45, 2.75) is 6.92 Å². The second-order valence-corrected chi connectivity index (χ2v) is 3.90. The molecule has 0 unspecified atom stereocenters. The fraction of sp³-hybridized carbons (Fsp3) is 0.0625. The van der Waals surface area contributed by atoms with Crippen LogP contribution >= 0.6 is 0 Å². The molecule has 0 N–H and O–H groups in total. The molecule has 0 fully saturated rings. The van der Waals surface area contributed by atoms with E-state index < -0.39 is 0 Å². The molecular formula is C16H14BiO. The molecule has 0 atom stereocenters. The molecule has 2 aromatic rings. The van der Waals surface area contributed by atoms with Crippen LogP contribution < -0.4 is 0 Å². The van der Waals surface area contributed by atoms with Crippen molar-refractivity contribution in [2.75, 3.05) is 0 Å². The number of rotatable bonds is 3. The summed E-state index contributed by atoms with van der Waals surface area (Å²) in [5.41, 5.74) is 3.10. The van der Waals surface area contributed by atoms with E-state index in [2.05, 4.69) is 0 Å². The standard InChI is InChI=1S/C16H14O.Bi/c1-13(17)12-16(14-8-4-2-5-9-14)15-10-6-3-7-11-15;/h2-12H,1H3;. The molecule has 2 aromatic carbocycles. The normalized spacial score (nSPS) is 9.17. The zero-order valence-electron chi connectivity index (χ0n) is 10.2. The molecule has 2 heteroatoms. The zero-order valence-corrected chi connectivity index (χ0v) is 13.7. The van der Waals surface area contributed by atoms with Gasteiger partial charge in [-0.15, -0.1) is 0 Å². The Labute approximate surface area is 127 Å². The van der Waals surface area contributed by atoms with Gasteiger partial charge in [0, 0.05) is 26.2 Å². The van der Waals surface area contributed by atoms with Crippen molar-refractivity contribution in [3.63, 3.8) is 0 Å². The summed E-state index contributed by atoms with van der Waals surface area (Å²) in [4.78, 5) is 11.3. The third kappa shape index (κ3) is 3.89. The molecule has 0 saturated heterocycles. The molecule has 18 heavy (non-hydrogen) atoms. The molecule has 0 aliphatic rings. The molecule has 0 aromatic heterocycles. The molecule has 0 aliphatic heterocycles. The molecule has 0 bridgehead atoms. The Morgan fingerprint density at radius 1 is 0.833 bits per heavy atom. The van der Waals surface area contributed by atoms with Crippen molar-refractivity contribution in [2.24, 2.45) is 0 Å². The maximum Gasteiger partial charge on any atom is 0.153 e. The van der Waals surface area contributed by atoms with E-state index in [1.165, 1.54) is 0 Å². The number of hydrogen-bond donors (Lipinski definition) is 0. The van der Waals surface area contributed by atoms with Crippen molar-refractivity contribution < 1.29 is 4.79 Å². The summed E-state index contributed by atoms with van der Waals surface area (Å²) in [6, 6.07) is 19.9. The molecule has 2 rings (SSSR count). The first-order chi connectivity index (χ1) is 8.27. The molecule has 1 nitrogen and oxygen atoms in total. The largest absolute Gasteiger partial charge is 0.295 e. The predicted molar refractivity (Wildman–Crippen MR) is 76.4 cm³/mol. The third-order valence-corrected chi connectivity index (χ3v) is 2.52. The second-order valence-electron chi connectivity index (χ2n) is 3.90. The number of carbonyl (C=O) groups is 1. The first-order valence-electron chi connectivity index (χ1n) is 5.60. The van der Waals surface area contributed by atoms with Crippen molar-refractivity contribution in [1.82, 2.24) is 0 Å². The minimum absolute atomic E-state index is 0. The minimum Gasteiger partial charge on any atom is -0.295 e. The molecule has 0 amide bonds. The van der Waals surface area contributed by atoms with Gasteiger partial charge in [0.1, 0.15) is 0 Å². The van der Waals surface area contributed by atoms with Crippen LogP contribution in [0.2, 0.25) is 0 Å². The van der Waals surface area contributed by atoms with Crippen LogP contribution in [0.3, 0.4) is 0 Å². The average molecular weight is 431 g/mol. The number of allylic oxidation sites excluding steroid dienone is 1. The Morgan fingerprint density at radius 3 is 1.56 bits per heavy atom. The average Bonchev–Trinajstić information content (AvgIpc) is 2.38. The van der Waals surface area contributed by atoms with Gasteiger partial charge >= 0.3 is 0 Å². The second kappa shape index (κ2) is 7.23. The summed E-state index contributed by atoms with van der Waals surface area (Å²) in [6.45, 7) is 1.58. The summed E-state index contributed by atoms with van der Waals surface area (Å²) in [5, 5.41) is 0. The van der Waals surface area contributed by atoms with Gasteiger partial charge in [-0.2, -0.15) is 0 Å². The van der Waals surface area contributed by atoms with Crippen molar-refractivity contribution in [3.05, 3.63) is 77.9 Å². The van der Waals surface area contributed by atoms with Gasteiger partial charge < -0.3 is 0 Å². The molecule has 3 radical (unpaired) electrons. The maximum atomic E-state index is 11.3. The monoisotopic (exact) mass is 431 g/mol. The number of hydrogen-bond acceptors (Lipinski definition) is 1. The third-order valence-electron chi connectivity index (χ3n) is 2.52. The van der Waals surface area contributed by atoms with E-state index in [4.69, 9.17) is 0 Å². The summed E-state index contributed by atoms with van der Waals surface area (Å²) in [7, 11) is 0. The quantitative estimate of drug-likeness (QED) is 0.539. The first-order valence-corrected chi connectivity index (χ1v) is 5.60. The van der Waals surface area contributed by atoms with Crippen molar-refractivity contribution in [1.29, 1.82) is 0 Å². The minimum atomic E-state index is 0. The summed E-state index contributed by atoms with van der Waals surface area (Å²) in [6.07, 6.45) is 1.69. The van der Waals surface area contributed by atoms with Gasteiger partial charge in [0.15, 0.2) is 5.78 Å². The van der Waals surface area contributed by atoms with Crippen LogP contribution in [0, 0.1) is 0 Å². The number of carbonyl (C=O) groups excluding carboxylic acids is 1. The van der Waals surface area contributed by atoms with Gasteiger partial charge in [-0.25, -0.2) is 0 Å². The first kappa shape index (κ1) is 14.8. The smallest absolute Gasteiger partial charge is 0.153 e. The fourth-order valence-electron chi connectivity index (χ4n) is 1.77. The van der Waals surface area contributed by atoms with E-state index in [-0.39, 0.29) is 32.0 Å². The molecular weight excluding hydrogens is 417 g/mol. The summed E-state index contributed by atoms with van der Waals surface area (Å²) < 4.78 is 0. The maximum absolute atomic E-state index is 11.3. The Morgan fingerprint density at radius 2 is 1.22 bits per heavy atom. The van der Waals surface area contributed by atoms with Crippen molar-refractivity contribution in [3.8, 4) is 0 Å². The van der Waals surface area contributed by atoms with Gasteiger partial charge in [0.25, 0.3) is 0 Å². The van der Waals surface area contributed by atoms with Gasteiger partial charge in [-0.3, -0.25) is 4.79 Å². The topological polar surface area (TPSA) is 17.1 Å². The van der Waals surface area contributed by atoms with Crippen LogP contribution in [0.25, 0.3) is 5.57 Å². The fourth-order valence-corrected chi connectivity index (χ4v) is 1.77. The number of ketones is 1. The van der Waals surface area contributed by atoms with Gasteiger partial charge in [-0.1, -0.05) is 60.7 Å². The van der Waals surface area contributed by atoms with Gasteiger partial charge in [-0.05, 0) is 29.7 Å². The van der Waals surface area contributed by atoms with Crippen LogP contribution in [0.4, 0.5) is 0 Å². The van der Waals surface area contributed by atoms with Crippen LogP contribution in [0.5, 0.6) is 0 Å². The van der Waals surface area contributed by atoms with Gasteiger partial charge in [0.2, 0.25) is 0 Å². The van der Waals surface area contributed by atoms with Crippen LogP contribution in [0.15, 0.2) is 66.7 Å². The number of benzene rings is 2. The molecule has 89 valence electrons. The SMILES string of the molecule is CC(=O)C=C(c1ccccc1)c1ccccc1.[Bi]. The van der Waals surface area contributed by atoms with E-state index in [1.54, 1.807) is 13.0 Å². The van der Waals surface area contributed by atoms with E-state index in [0.717, 1.165) is 16.7 Å². The van der Waals surface area contributed by atoms with Gasteiger partial charge in [0.05, 0.1) is 0 Å². The molecule has 0 heterocycles. The Kier molecular flexibility index (Phi) is 5.94. The molecule has 0 aliphatic carbocycles. The van der Waals surface area contributed by atoms with Crippen LogP contribution in [-0.4, -0.2) is 32.0 Å². The predicted octanol–water partition coefficient (Wildman–Crippen LogP) is 3.33. The summed E-state index contributed by atoms with van der Waals surface area (Å²) in [5.74, 6) is 0.0627. The Bertz CT molecular complexity index is 488. The Hall–Kier alpha value is -1.27. The Balaban J connectivity index is 0.00000162. The van der Waals surface area contributed by atoms with E-state index in [1.807, 2.05) is 60.7 Å². The van der Waals surface area contributed by atoms with E-state index in [0.29, 0.717) is 0 Å². The van der Waals surface area contributed by atoms with E-state index in [9.17, 15) is 4.79 Å². The molecule has 0 saturated carbocycles. The van der Waals surface area contributed by atoms with Crippen LogP contribution in [0.1, 0.15) is 18.1 Å². The van der Waals surface area contributed by atoms with Crippen LogP contribution in [-0.2, 0) is 4.79 Å². The zero-order chi connectivity index (χ0) is 12.1. The summed E-state index contributed by atoms with van der Waals surface area (Å²) >= 11 is 0. The van der Waals surface area contributed by atoms with Crippen molar-refractivity contribution >= 4 is 37.6 Å². The molecule has 0 spiro atoms.